The van der Waals surface area contributed by atoms with Gasteiger partial charge in [-0.2, -0.15) is 0 Å². The van der Waals surface area contributed by atoms with Gasteiger partial charge in [-0.3, -0.25) is 4.74 Å². The standard InChI is InChI=1S/C7H5F3N2O3/c8-7(9,10)15-2-5-4(6(13)14)1-11-3-12-5/h1,3H,2H2,(H,13,14). The molecule has 0 aromatic carbocycles. The number of carboxylic acid groups (broad SMARTS) is 1. The van der Waals surface area contributed by atoms with Gasteiger partial charge >= 0.3 is 12.3 Å². The normalized spacial score (nSPS) is 11.4. The number of nitrogens with zero attached hydrogens (tertiary/aromatic N) is 2. The van der Waals surface area contributed by atoms with Crippen LogP contribution in [0.5, 0.6) is 0 Å². The van der Waals surface area contributed by atoms with Gasteiger partial charge in [0.05, 0.1) is 12.3 Å². The van der Waals surface area contributed by atoms with Crippen molar-refractivity contribution in [1.29, 1.82) is 0 Å². The molecule has 1 heterocycles. The van der Waals surface area contributed by atoms with E-state index in [-0.39, 0.29) is 5.69 Å². The monoisotopic (exact) mass is 222 g/mol. The number of carbonyl (C=O) groups is 1. The van der Waals surface area contributed by atoms with E-state index in [1.807, 2.05) is 0 Å². The molecule has 0 fully saturated rings. The summed E-state index contributed by atoms with van der Waals surface area (Å²) in [5, 5.41) is 8.58. The van der Waals surface area contributed by atoms with E-state index in [1.165, 1.54) is 0 Å². The van der Waals surface area contributed by atoms with Crippen LogP contribution in [-0.4, -0.2) is 27.4 Å². The Hall–Kier alpha value is -1.70. The largest absolute Gasteiger partial charge is 0.522 e. The van der Waals surface area contributed by atoms with Gasteiger partial charge in [-0.05, 0) is 0 Å². The van der Waals surface area contributed by atoms with Gasteiger partial charge in [0, 0.05) is 6.20 Å². The van der Waals surface area contributed by atoms with Crippen molar-refractivity contribution in [2.75, 3.05) is 0 Å². The molecule has 0 aliphatic carbocycles. The molecular weight excluding hydrogens is 217 g/mol. The van der Waals surface area contributed by atoms with Crippen LogP contribution in [0.25, 0.3) is 0 Å². The molecule has 0 bridgehead atoms. The minimum Gasteiger partial charge on any atom is -0.478 e. The fourth-order valence-electron chi connectivity index (χ4n) is 0.799. The fourth-order valence-corrected chi connectivity index (χ4v) is 0.799. The number of alkyl halides is 3. The molecule has 8 heteroatoms. The van der Waals surface area contributed by atoms with Gasteiger partial charge in [0.1, 0.15) is 11.9 Å². The van der Waals surface area contributed by atoms with Crippen LogP contribution in [0.3, 0.4) is 0 Å². The lowest BCUT2D eigenvalue weighted by atomic mass is 10.2. The second-order valence-electron chi connectivity index (χ2n) is 2.42. The van der Waals surface area contributed by atoms with E-state index < -0.39 is 24.5 Å². The molecule has 0 saturated heterocycles. The Morgan fingerprint density at radius 1 is 1.53 bits per heavy atom. The van der Waals surface area contributed by atoms with Crippen molar-refractivity contribution in [3.8, 4) is 0 Å². The van der Waals surface area contributed by atoms with E-state index in [4.69, 9.17) is 5.11 Å². The van der Waals surface area contributed by atoms with Crippen LogP contribution < -0.4 is 0 Å². The first-order chi connectivity index (χ1) is 6.90. The van der Waals surface area contributed by atoms with Crippen molar-refractivity contribution < 1.29 is 27.8 Å². The maximum absolute atomic E-state index is 11.7. The van der Waals surface area contributed by atoms with Gasteiger partial charge in [0.2, 0.25) is 0 Å². The molecule has 1 N–H and O–H groups in total. The quantitative estimate of drug-likeness (QED) is 0.832. The minimum absolute atomic E-state index is 0.324. The zero-order valence-electron chi connectivity index (χ0n) is 7.15. The second kappa shape index (κ2) is 4.22. The van der Waals surface area contributed by atoms with Crippen molar-refractivity contribution in [2.45, 2.75) is 13.0 Å². The van der Waals surface area contributed by atoms with Crippen LogP contribution in [0, 0.1) is 0 Å². The Bertz CT molecular complexity index is 367. The number of aromatic nitrogens is 2. The number of ether oxygens (including phenoxy) is 1. The summed E-state index contributed by atoms with van der Waals surface area (Å²) in [5.41, 5.74) is -0.739. The zero-order chi connectivity index (χ0) is 11.5. The first-order valence-corrected chi connectivity index (χ1v) is 3.63. The number of aromatic carboxylic acids is 1. The van der Waals surface area contributed by atoms with Gasteiger partial charge in [-0.25, -0.2) is 14.8 Å². The van der Waals surface area contributed by atoms with E-state index >= 15 is 0 Å². The predicted octanol–water partition coefficient (Wildman–Crippen LogP) is 1.21. The van der Waals surface area contributed by atoms with E-state index in [2.05, 4.69) is 14.7 Å². The summed E-state index contributed by atoms with van der Waals surface area (Å²) in [5.74, 6) is -1.41. The zero-order valence-corrected chi connectivity index (χ0v) is 7.15. The number of rotatable bonds is 3. The number of carboxylic acids is 1. The second-order valence-corrected chi connectivity index (χ2v) is 2.42. The van der Waals surface area contributed by atoms with Crippen molar-refractivity contribution in [2.24, 2.45) is 0 Å². The molecule has 5 nitrogen and oxygen atoms in total. The van der Waals surface area contributed by atoms with Gasteiger partial charge in [-0.15, -0.1) is 13.2 Å². The summed E-state index contributed by atoms with van der Waals surface area (Å²) in [4.78, 5) is 17.3. The van der Waals surface area contributed by atoms with Crippen LogP contribution >= 0.6 is 0 Å². The Morgan fingerprint density at radius 2 is 2.20 bits per heavy atom. The molecule has 0 radical (unpaired) electrons. The van der Waals surface area contributed by atoms with Crippen LogP contribution in [0.15, 0.2) is 12.5 Å². The smallest absolute Gasteiger partial charge is 0.478 e. The molecular formula is C7H5F3N2O3. The SMILES string of the molecule is O=C(O)c1cncnc1COC(F)(F)F. The molecule has 0 spiro atoms. The molecule has 82 valence electrons. The Balaban J connectivity index is 2.81. The average molecular weight is 222 g/mol. The molecule has 0 saturated carbocycles. The number of hydrogen-bond acceptors (Lipinski definition) is 4. The van der Waals surface area contributed by atoms with Gasteiger partial charge in [0.15, 0.2) is 0 Å². The van der Waals surface area contributed by atoms with Gasteiger partial charge < -0.3 is 5.11 Å². The highest BCUT2D eigenvalue weighted by Gasteiger charge is 2.30. The molecule has 1 aromatic heterocycles. The van der Waals surface area contributed by atoms with Crippen LogP contribution in [0.2, 0.25) is 0 Å². The first-order valence-electron chi connectivity index (χ1n) is 3.63. The van der Waals surface area contributed by atoms with Crippen LogP contribution in [-0.2, 0) is 11.3 Å². The number of halogens is 3. The maximum Gasteiger partial charge on any atom is 0.522 e. The Kier molecular flexibility index (Phi) is 3.20. The summed E-state index contributed by atoms with van der Waals surface area (Å²) >= 11 is 0. The first kappa shape index (κ1) is 11.4. The average Bonchev–Trinajstić information content (AvgIpc) is 2.14. The molecule has 0 unspecified atom stereocenters. The highest BCUT2D eigenvalue weighted by atomic mass is 19.4. The minimum atomic E-state index is -4.82. The van der Waals surface area contributed by atoms with Crippen molar-refractivity contribution in [3.05, 3.63) is 23.8 Å². The van der Waals surface area contributed by atoms with E-state index in [0.29, 0.717) is 0 Å². The van der Waals surface area contributed by atoms with E-state index in [0.717, 1.165) is 12.5 Å². The van der Waals surface area contributed by atoms with Crippen LogP contribution in [0.1, 0.15) is 16.1 Å². The molecule has 1 rings (SSSR count). The maximum atomic E-state index is 11.7. The number of hydrogen-bond donors (Lipinski definition) is 1. The topological polar surface area (TPSA) is 72.3 Å². The molecule has 0 aliphatic heterocycles. The summed E-state index contributed by atoms with van der Waals surface area (Å²) in [6, 6.07) is 0. The van der Waals surface area contributed by atoms with Gasteiger partial charge in [-0.1, -0.05) is 0 Å². The third kappa shape index (κ3) is 3.50. The molecule has 0 amide bonds. The lowest BCUT2D eigenvalue weighted by molar-refractivity contribution is -0.330. The van der Waals surface area contributed by atoms with Crippen LogP contribution in [0.4, 0.5) is 13.2 Å². The Morgan fingerprint density at radius 3 is 2.73 bits per heavy atom. The summed E-state index contributed by atoms with van der Waals surface area (Å²) in [7, 11) is 0. The van der Waals surface area contributed by atoms with Crippen molar-refractivity contribution >= 4 is 5.97 Å². The lowest BCUT2D eigenvalue weighted by Gasteiger charge is -2.07. The fraction of sp³-hybridized carbons (Fsp3) is 0.286. The lowest BCUT2D eigenvalue weighted by Crippen LogP contribution is -2.15. The van der Waals surface area contributed by atoms with E-state index in [9.17, 15) is 18.0 Å². The summed E-state index contributed by atoms with van der Waals surface area (Å²) in [6.45, 7) is -0.951. The predicted molar refractivity (Wildman–Crippen MR) is 39.8 cm³/mol. The third-order valence-corrected chi connectivity index (χ3v) is 1.40. The van der Waals surface area contributed by atoms with Crippen molar-refractivity contribution in [3.63, 3.8) is 0 Å². The molecule has 1 aromatic rings. The summed E-state index contributed by atoms with van der Waals surface area (Å²) < 4.78 is 38.4. The summed E-state index contributed by atoms with van der Waals surface area (Å²) in [6.07, 6.45) is -2.97. The molecule has 0 aliphatic rings. The molecule has 15 heavy (non-hydrogen) atoms. The Labute approximate surface area is 81.5 Å². The third-order valence-electron chi connectivity index (χ3n) is 1.40. The highest BCUT2D eigenvalue weighted by Crippen LogP contribution is 2.18. The van der Waals surface area contributed by atoms with Crippen molar-refractivity contribution in [1.82, 2.24) is 9.97 Å². The van der Waals surface area contributed by atoms with E-state index in [1.54, 1.807) is 0 Å². The highest BCUT2D eigenvalue weighted by molar-refractivity contribution is 5.88. The van der Waals surface area contributed by atoms with Gasteiger partial charge in [0.25, 0.3) is 0 Å². The molecule has 0 atom stereocenters.